The second kappa shape index (κ2) is 12.0. The van der Waals surface area contributed by atoms with Gasteiger partial charge in [0.05, 0.1) is 23.8 Å². The van der Waals surface area contributed by atoms with Crippen molar-refractivity contribution in [1.29, 1.82) is 0 Å². The number of fused-ring (bicyclic) bond motifs is 1. The van der Waals surface area contributed by atoms with Crippen molar-refractivity contribution in [2.75, 3.05) is 18.6 Å². The van der Waals surface area contributed by atoms with Gasteiger partial charge in [0.2, 0.25) is 5.91 Å². The summed E-state index contributed by atoms with van der Waals surface area (Å²) in [7, 11) is 1.41. The largest absolute Gasteiger partial charge is 0.486 e. The molecular weight excluding hydrogens is 558 g/mol. The van der Waals surface area contributed by atoms with Crippen LogP contribution in [0.1, 0.15) is 24.2 Å². The summed E-state index contributed by atoms with van der Waals surface area (Å²) in [5.41, 5.74) is 3.95. The quantitative estimate of drug-likeness (QED) is 0.221. The third-order valence-corrected chi connectivity index (χ3v) is 7.32. The highest BCUT2D eigenvalue weighted by molar-refractivity contribution is 5.95. The van der Waals surface area contributed by atoms with Crippen LogP contribution in [0.15, 0.2) is 89.9 Å². The molecule has 0 N–H and O–H groups in total. The van der Waals surface area contributed by atoms with Crippen molar-refractivity contribution in [2.45, 2.75) is 32.6 Å². The smallest absolute Gasteiger partial charge is 0.387 e. The van der Waals surface area contributed by atoms with Crippen molar-refractivity contribution in [1.82, 2.24) is 14.3 Å². The van der Waals surface area contributed by atoms with E-state index in [2.05, 4.69) is 0 Å². The number of imidazole rings is 1. The second-order valence-corrected chi connectivity index (χ2v) is 10.0. The number of hydrogen-bond donors (Lipinski definition) is 0. The summed E-state index contributed by atoms with van der Waals surface area (Å²) in [6.45, 7) is -2.04. The van der Waals surface area contributed by atoms with E-state index in [1.54, 1.807) is 35.4 Å². The Morgan fingerprint density at radius 2 is 1.79 bits per heavy atom. The number of anilines is 1. The number of carbonyl (C=O) groups excluding carboxylic acids is 1. The van der Waals surface area contributed by atoms with Crippen molar-refractivity contribution in [3.8, 4) is 22.6 Å². The lowest BCUT2D eigenvalue weighted by Gasteiger charge is -2.17. The molecule has 0 radical (unpaired) electrons. The molecule has 6 rings (SSSR count). The molecule has 0 bridgehead atoms. The molecule has 1 amide bonds. The molecule has 1 saturated heterocycles. The van der Waals surface area contributed by atoms with Crippen molar-refractivity contribution in [3.05, 3.63) is 107 Å². The molecule has 0 aliphatic carbocycles. The van der Waals surface area contributed by atoms with Crippen LogP contribution in [-0.4, -0.2) is 40.5 Å². The predicted octanol–water partition coefficient (Wildman–Crippen LogP) is 5.28. The van der Waals surface area contributed by atoms with E-state index in [1.165, 1.54) is 19.2 Å². The first-order valence-electron chi connectivity index (χ1n) is 13.7. The van der Waals surface area contributed by atoms with Gasteiger partial charge in [-0.3, -0.25) is 9.59 Å². The first-order valence-corrected chi connectivity index (χ1v) is 13.7. The summed E-state index contributed by atoms with van der Waals surface area (Å²) >= 11 is 0. The van der Waals surface area contributed by atoms with Gasteiger partial charge in [-0.05, 0) is 48.4 Å². The number of aromatic nitrogens is 3. The molecule has 3 aromatic carbocycles. The van der Waals surface area contributed by atoms with Crippen LogP contribution in [0.4, 0.5) is 14.5 Å². The number of carbonyl (C=O) groups is 1. The predicted molar refractivity (Wildman–Crippen MR) is 156 cm³/mol. The van der Waals surface area contributed by atoms with Gasteiger partial charge in [0, 0.05) is 41.9 Å². The minimum Gasteiger partial charge on any atom is -0.486 e. The minimum absolute atomic E-state index is 0.0672. The maximum Gasteiger partial charge on any atom is 0.387 e. The highest BCUT2D eigenvalue weighted by Crippen LogP contribution is 2.30. The number of pyridine rings is 1. The Kier molecular flexibility index (Phi) is 7.78. The molecule has 220 valence electrons. The van der Waals surface area contributed by atoms with Crippen LogP contribution in [0.3, 0.4) is 0 Å². The fourth-order valence-corrected chi connectivity index (χ4v) is 5.25. The molecule has 1 fully saturated rings. The molecule has 2 aromatic heterocycles. The molecule has 1 aliphatic rings. The average molecular weight is 587 g/mol. The van der Waals surface area contributed by atoms with Gasteiger partial charge in [-0.15, -0.1) is 0 Å². The molecule has 11 heteroatoms. The van der Waals surface area contributed by atoms with Crippen LogP contribution in [0, 0.1) is 0 Å². The zero-order valence-electron chi connectivity index (χ0n) is 23.3. The Morgan fingerprint density at radius 3 is 2.58 bits per heavy atom. The maximum atomic E-state index is 13.2. The number of nitrogens with zero attached hydrogens (tertiary/aromatic N) is 4. The lowest BCUT2D eigenvalue weighted by molar-refractivity contribution is -0.117. The van der Waals surface area contributed by atoms with E-state index in [0.29, 0.717) is 35.6 Å². The lowest BCUT2D eigenvalue weighted by Crippen LogP contribution is -2.23. The summed E-state index contributed by atoms with van der Waals surface area (Å²) in [5.74, 6) is 1.28. The standard InChI is InChI=1S/C32H28F2N4O5/c1-41-38-19-22(12-14-31(38)40)21-11-13-26-27(16-21)37(18-23-6-2-3-9-28(23)43-32(33)34)29(35-26)20-42-25-8-4-7-24(17-25)36-15-5-10-30(36)39/h2-4,6-9,11-14,16-17,19,32H,5,10,15,18,20H2,1H3. The number of amides is 1. The van der Waals surface area contributed by atoms with Gasteiger partial charge in [0.15, 0.2) is 0 Å². The zero-order chi connectivity index (χ0) is 29.9. The number of benzene rings is 3. The molecular formula is C32H28F2N4O5. The monoisotopic (exact) mass is 586 g/mol. The van der Waals surface area contributed by atoms with Gasteiger partial charge in [0.25, 0.3) is 5.56 Å². The van der Waals surface area contributed by atoms with E-state index in [9.17, 15) is 18.4 Å². The summed E-state index contributed by atoms with van der Waals surface area (Å²) in [6.07, 6.45) is 2.94. The van der Waals surface area contributed by atoms with Crippen molar-refractivity contribution < 1.29 is 27.9 Å². The molecule has 3 heterocycles. The Labute approximate surface area is 245 Å². The number of hydrogen-bond acceptors (Lipinski definition) is 6. The van der Waals surface area contributed by atoms with E-state index in [-0.39, 0.29) is 30.4 Å². The van der Waals surface area contributed by atoms with Crippen molar-refractivity contribution in [2.24, 2.45) is 0 Å². The van der Waals surface area contributed by atoms with Crippen LogP contribution < -0.4 is 24.8 Å². The van der Waals surface area contributed by atoms with Crippen molar-refractivity contribution in [3.63, 3.8) is 0 Å². The van der Waals surface area contributed by atoms with Crippen molar-refractivity contribution >= 4 is 22.6 Å². The minimum atomic E-state index is -2.97. The first kappa shape index (κ1) is 28.0. The van der Waals surface area contributed by atoms with Gasteiger partial charge < -0.3 is 23.8 Å². The molecule has 0 spiro atoms. The highest BCUT2D eigenvalue weighted by Gasteiger charge is 2.22. The van der Waals surface area contributed by atoms with Crippen LogP contribution in [0.2, 0.25) is 0 Å². The Hall–Kier alpha value is -5.19. The van der Waals surface area contributed by atoms with Gasteiger partial charge >= 0.3 is 6.61 Å². The second-order valence-electron chi connectivity index (χ2n) is 10.0. The third-order valence-electron chi connectivity index (χ3n) is 7.32. The number of halogens is 2. The van der Waals surface area contributed by atoms with Gasteiger partial charge in [-0.25, -0.2) is 4.98 Å². The number of ether oxygens (including phenoxy) is 2. The van der Waals surface area contributed by atoms with E-state index in [0.717, 1.165) is 33.5 Å². The van der Waals surface area contributed by atoms with Gasteiger partial charge in [-0.1, -0.05) is 30.3 Å². The van der Waals surface area contributed by atoms with E-state index < -0.39 is 6.61 Å². The van der Waals surface area contributed by atoms with Gasteiger partial charge in [0.1, 0.15) is 31.0 Å². The molecule has 5 aromatic rings. The zero-order valence-corrected chi connectivity index (χ0v) is 23.3. The first-order chi connectivity index (χ1) is 20.9. The fraction of sp³-hybridized carbons (Fsp3) is 0.219. The van der Waals surface area contributed by atoms with E-state index >= 15 is 0 Å². The summed E-state index contributed by atoms with van der Waals surface area (Å²) in [5, 5.41) is 0. The van der Waals surface area contributed by atoms with Crippen LogP contribution in [0.5, 0.6) is 11.5 Å². The molecule has 9 nitrogen and oxygen atoms in total. The Bertz CT molecular complexity index is 1850. The summed E-state index contributed by atoms with van der Waals surface area (Å²) in [6, 6.07) is 22.7. The third kappa shape index (κ3) is 5.92. The molecule has 0 saturated carbocycles. The summed E-state index contributed by atoms with van der Waals surface area (Å²) in [4.78, 5) is 36.0. The van der Waals surface area contributed by atoms with E-state index in [4.69, 9.17) is 19.3 Å². The topological polar surface area (TPSA) is 87.8 Å². The highest BCUT2D eigenvalue weighted by atomic mass is 19.3. The normalized spacial score (nSPS) is 13.2. The van der Waals surface area contributed by atoms with E-state index in [1.807, 2.05) is 47.0 Å². The number of rotatable bonds is 10. The average Bonchev–Trinajstić information content (AvgIpc) is 3.59. The molecule has 0 unspecified atom stereocenters. The lowest BCUT2D eigenvalue weighted by atomic mass is 10.1. The van der Waals surface area contributed by atoms with Crippen LogP contribution in [0.25, 0.3) is 22.2 Å². The number of alkyl halides is 2. The Balaban J connectivity index is 1.38. The molecule has 0 atom stereocenters. The SMILES string of the molecule is COn1cc(-c2ccc3nc(COc4cccc(N5CCCC5=O)c4)n(Cc4ccccc4OC(F)F)c3c2)ccc1=O. The van der Waals surface area contributed by atoms with Crippen LogP contribution in [-0.2, 0) is 17.9 Å². The summed E-state index contributed by atoms with van der Waals surface area (Å²) < 4.78 is 40.4. The Morgan fingerprint density at radius 1 is 0.953 bits per heavy atom. The van der Waals surface area contributed by atoms with Crippen LogP contribution >= 0.6 is 0 Å². The number of para-hydroxylation sites is 1. The molecule has 43 heavy (non-hydrogen) atoms. The molecule has 1 aliphatic heterocycles. The van der Waals surface area contributed by atoms with Gasteiger partial charge in [-0.2, -0.15) is 13.5 Å². The fourth-order valence-electron chi connectivity index (χ4n) is 5.25. The maximum absolute atomic E-state index is 13.2.